The third-order valence-electron chi connectivity index (χ3n) is 2.36. The van der Waals surface area contributed by atoms with E-state index in [1.54, 1.807) is 26.0 Å². The number of Topliss-reactive ketones (excluding diaryl/α,β-unsaturated/α-hetero) is 1. The second-order valence-corrected chi connectivity index (χ2v) is 5.65. The summed E-state index contributed by atoms with van der Waals surface area (Å²) in [6.07, 6.45) is 0. The van der Waals surface area contributed by atoms with Crippen molar-refractivity contribution in [2.75, 3.05) is 6.61 Å². The summed E-state index contributed by atoms with van der Waals surface area (Å²) in [6.45, 7) is 3.76. The minimum absolute atomic E-state index is 0.126. The zero-order valence-electron chi connectivity index (χ0n) is 10.2. The average molecular weight is 378 g/mol. The summed E-state index contributed by atoms with van der Waals surface area (Å²) in [7, 11) is 0. The van der Waals surface area contributed by atoms with Crippen LogP contribution >= 0.6 is 31.9 Å². The third kappa shape index (κ3) is 3.65. The van der Waals surface area contributed by atoms with Gasteiger partial charge in [0.1, 0.15) is 0 Å². The lowest BCUT2D eigenvalue weighted by atomic mass is 10.00. The fourth-order valence-electron chi connectivity index (χ4n) is 1.48. The van der Waals surface area contributed by atoms with Crippen LogP contribution in [0.3, 0.4) is 0 Å². The molecule has 0 saturated heterocycles. The molecule has 0 saturated carbocycles. The summed E-state index contributed by atoms with van der Waals surface area (Å²) in [5, 5.41) is 0.623. The highest BCUT2D eigenvalue weighted by molar-refractivity contribution is 9.10. The third-order valence-corrected chi connectivity index (χ3v) is 3.42. The molecule has 1 aromatic rings. The summed E-state index contributed by atoms with van der Waals surface area (Å²) in [6, 6.07) is 5.18. The Morgan fingerprint density at radius 3 is 2.50 bits per heavy atom. The highest BCUT2D eigenvalue weighted by atomic mass is 79.9. The number of benzene rings is 1. The van der Waals surface area contributed by atoms with Crippen molar-refractivity contribution in [3.63, 3.8) is 0 Å². The predicted molar refractivity (Wildman–Crippen MR) is 77.7 cm³/mol. The number of carbonyl (C=O) groups excluding carboxylic acids is 2. The van der Waals surface area contributed by atoms with Crippen molar-refractivity contribution in [1.29, 1.82) is 0 Å². The smallest absolute Gasteiger partial charge is 0.338 e. The Balaban J connectivity index is 3.24. The van der Waals surface area contributed by atoms with Crippen molar-refractivity contribution in [3.05, 3.63) is 34.9 Å². The highest BCUT2D eigenvalue weighted by Crippen LogP contribution is 2.19. The van der Waals surface area contributed by atoms with Crippen molar-refractivity contribution < 1.29 is 14.3 Å². The number of carbonyl (C=O) groups is 2. The lowest BCUT2D eigenvalue weighted by molar-refractivity contribution is 0.0523. The average Bonchev–Trinajstić information content (AvgIpc) is 2.37. The van der Waals surface area contributed by atoms with Crippen LogP contribution in [0.15, 0.2) is 18.2 Å². The maximum atomic E-state index is 12.0. The van der Waals surface area contributed by atoms with Crippen molar-refractivity contribution in [3.8, 4) is 0 Å². The van der Waals surface area contributed by atoms with E-state index >= 15 is 0 Å². The lowest BCUT2D eigenvalue weighted by Crippen LogP contribution is -2.17. The Bertz CT molecular complexity index is 456. The molecule has 0 spiro atoms. The molecular formula is C13H14Br2O3. The number of rotatable bonds is 5. The van der Waals surface area contributed by atoms with Crippen LogP contribution in [-0.4, -0.2) is 23.2 Å². The van der Waals surface area contributed by atoms with E-state index in [1.165, 1.54) is 0 Å². The minimum atomic E-state index is -0.461. The second kappa shape index (κ2) is 7.04. The number of hydrogen-bond donors (Lipinski definition) is 0. The maximum absolute atomic E-state index is 12.0. The number of ketones is 1. The van der Waals surface area contributed by atoms with Gasteiger partial charge in [-0.2, -0.15) is 0 Å². The van der Waals surface area contributed by atoms with Gasteiger partial charge in [0.05, 0.1) is 17.0 Å². The Kier molecular flexibility index (Phi) is 6.02. The van der Waals surface area contributed by atoms with Gasteiger partial charge in [-0.1, -0.05) is 44.0 Å². The molecule has 0 bridgehead atoms. The molecule has 0 aliphatic rings. The summed E-state index contributed by atoms with van der Waals surface area (Å²) in [5.74, 6) is -0.587. The molecule has 0 amide bonds. The summed E-state index contributed by atoms with van der Waals surface area (Å²) < 4.78 is 4.98. The van der Waals surface area contributed by atoms with Gasteiger partial charge in [0.15, 0.2) is 5.78 Å². The van der Waals surface area contributed by atoms with Gasteiger partial charge < -0.3 is 4.74 Å². The molecule has 0 aliphatic heterocycles. The van der Waals surface area contributed by atoms with E-state index < -0.39 is 5.97 Å². The lowest BCUT2D eigenvalue weighted by Gasteiger charge is -2.10. The van der Waals surface area contributed by atoms with Gasteiger partial charge in [0.2, 0.25) is 0 Å². The highest BCUT2D eigenvalue weighted by Gasteiger charge is 2.21. The molecule has 98 valence electrons. The van der Waals surface area contributed by atoms with E-state index in [2.05, 4.69) is 31.9 Å². The van der Waals surface area contributed by atoms with E-state index in [0.717, 1.165) is 5.56 Å². The number of halogens is 2. The monoisotopic (exact) mass is 376 g/mol. The first-order valence-corrected chi connectivity index (χ1v) is 7.59. The SMILES string of the molecule is CCOC(=O)c1cc(CBr)ccc1C(=O)C(C)Br. The summed E-state index contributed by atoms with van der Waals surface area (Å²) in [5.41, 5.74) is 1.64. The molecule has 0 aromatic heterocycles. The molecule has 0 heterocycles. The van der Waals surface area contributed by atoms with Crippen LogP contribution in [0.25, 0.3) is 0 Å². The van der Waals surface area contributed by atoms with Crippen LogP contribution in [0.2, 0.25) is 0 Å². The molecule has 1 aromatic carbocycles. The van der Waals surface area contributed by atoms with Crippen molar-refractivity contribution in [1.82, 2.24) is 0 Å². The molecule has 1 rings (SSSR count). The van der Waals surface area contributed by atoms with Crippen molar-refractivity contribution in [2.45, 2.75) is 24.0 Å². The summed E-state index contributed by atoms with van der Waals surface area (Å²) in [4.78, 5) is 23.5. The van der Waals surface area contributed by atoms with Gasteiger partial charge in [-0.3, -0.25) is 4.79 Å². The van der Waals surface area contributed by atoms with Crippen LogP contribution in [0.5, 0.6) is 0 Å². The standard InChI is InChI=1S/C13H14Br2O3/c1-3-18-13(17)11-6-9(7-14)4-5-10(11)12(16)8(2)15/h4-6,8H,3,7H2,1-2H3. The number of hydrogen-bond acceptors (Lipinski definition) is 3. The van der Waals surface area contributed by atoms with Gasteiger partial charge in [-0.25, -0.2) is 4.79 Å². The zero-order chi connectivity index (χ0) is 13.7. The molecule has 3 nitrogen and oxygen atoms in total. The van der Waals surface area contributed by atoms with Gasteiger partial charge in [0.25, 0.3) is 0 Å². The quantitative estimate of drug-likeness (QED) is 0.446. The Hall–Kier alpha value is -0.680. The van der Waals surface area contributed by atoms with Gasteiger partial charge in [0, 0.05) is 10.9 Å². The molecule has 0 N–H and O–H groups in total. The Labute approximate surface area is 123 Å². The van der Waals surface area contributed by atoms with Crippen LogP contribution < -0.4 is 0 Å². The van der Waals surface area contributed by atoms with E-state index in [0.29, 0.717) is 16.5 Å². The molecular weight excluding hydrogens is 364 g/mol. The normalized spacial score (nSPS) is 12.0. The first-order chi connectivity index (χ1) is 8.51. The van der Waals surface area contributed by atoms with Gasteiger partial charge in [-0.05, 0) is 25.5 Å². The van der Waals surface area contributed by atoms with Crippen LogP contribution in [0.1, 0.15) is 40.1 Å². The van der Waals surface area contributed by atoms with E-state index in [-0.39, 0.29) is 17.2 Å². The van der Waals surface area contributed by atoms with Gasteiger partial charge >= 0.3 is 5.97 Å². The molecule has 0 aliphatic carbocycles. The first kappa shape index (κ1) is 15.4. The first-order valence-electron chi connectivity index (χ1n) is 5.55. The maximum Gasteiger partial charge on any atom is 0.338 e. The molecule has 0 fully saturated rings. The zero-order valence-corrected chi connectivity index (χ0v) is 13.4. The minimum Gasteiger partial charge on any atom is -0.462 e. The van der Waals surface area contributed by atoms with Crippen molar-refractivity contribution >= 4 is 43.6 Å². The fourth-order valence-corrected chi connectivity index (χ4v) is 2.08. The second-order valence-electron chi connectivity index (χ2n) is 3.71. The number of esters is 1. The van der Waals surface area contributed by atoms with Crippen molar-refractivity contribution in [2.24, 2.45) is 0 Å². The van der Waals surface area contributed by atoms with E-state index in [9.17, 15) is 9.59 Å². The Morgan fingerprint density at radius 1 is 1.33 bits per heavy atom. The molecule has 1 atom stereocenters. The van der Waals surface area contributed by atoms with Gasteiger partial charge in [-0.15, -0.1) is 0 Å². The largest absolute Gasteiger partial charge is 0.462 e. The van der Waals surface area contributed by atoms with E-state index in [1.807, 2.05) is 6.07 Å². The van der Waals surface area contributed by atoms with Crippen LogP contribution in [0, 0.1) is 0 Å². The number of alkyl halides is 2. The predicted octanol–water partition coefficient (Wildman–Crippen LogP) is 3.72. The molecule has 18 heavy (non-hydrogen) atoms. The fraction of sp³-hybridized carbons (Fsp3) is 0.385. The topological polar surface area (TPSA) is 43.4 Å². The molecule has 0 radical (unpaired) electrons. The molecule has 5 heteroatoms. The van der Waals surface area contributed by atoms with E-state index in [4.69, 9.17) is 4.74 Å². The molecule has 1 unspecified atom stereocenters. The van der Waals surface area contributed by atoms with Crippen LogP contribution in [0.4, 0.5) is 0 Å². The van der Waals surface area contributed by atoms with Crippen LogP contribution in [-0.2, 0) is 10.1 Å². The summed E-state index contributed by atoms with van der Waals surface area (Å²) >= 11 is 6.55. The Morgan fingerprint density at radius 2 is 2.00 bits per heavy atom. The number of ether oxygens (including phenoxy) is 1.